The summed E-state index contributed by atoms with van der Waals surface area (Å²) >= 11 is 6.05. The van der Waals surface area contributed by atoms with E-state index in [0.29, 0.717) is 17.5 Å². The minimum absolute atomic E-state index is 0.632. The number of hydrogen-bond donors (Lipinski definition) is 2. The topological polar surface area (TPSA) is 62.7 Å². The van der Waals surface area contributed by atoms with Gasteiger partial charge >= 0.3 is 0 Å². The van der Waals surface area contributed by atoms with Gasteiger partial charge in [-0.25, -0.2) is 9.97 Å². The molecule has 28 heavy (non-hydrogen) atoms. The van der Waals surface area contributed by atoms with Crippen LogP contribution in [0.2, 0.25) is 5.02 Å². The van der Waals surface area contributed by atoms with Gasteiger partial charge in [-0.15, -0.1) is 0 Å². The van der Waals surface area contributed by atoms with E-state index in [2.05, 4.69) is 25.6 Å². The van der Waals surface area contributed by atoms with Crippen LogP contribution in [0.4, 0.5) is 11.6 Å². The molecule has 0 saturated heterocycles. The lowest BCUT2D eigenvalue weighted by molar-refractivity contribution is 1.01. The lowest BCUT2D eigenvalue weighted by atomic mass is 10.1. The SMILES string of the molecule is Cc1cc(-c2ccccc2)nc(NCCNc2ccnc3cc(Cl)ccc23)n1. The highest BCUT2D eigenvalue weighted by Gasteiger charge is 2.05. The average Bonchev–Trinajstić information content (AvgIpc) is 2.71. The van der Waals surface area contributed by atoms with E-state index in [1.165, 1.54) is 0 Å². The maximum absolute atomic E-state index is 6.05. The Balaban J connectivity index is 1.42. The fraction of sp³-hybridized carbons (Fsp3) is 0.136. The number of aryl methyl sites for hydroxylation is 1. The number of benzene rings is 2. The summed E-state index contributed by atoms with van der Waals surface area (Å²) in [6.07, 6.45) is 1.78. The number of anilines is 2. The zero-order chi connectivity index (χ0) is 19.3. The number of nitrogens with zero attached hydrogens (tertiary/aromatic N) is 3. The molecule has 2 aromatic carbocycles. The summed E-state index contributed by atoms with van der Waals surface area (Å²) in [6, 6.07) is 19.8. The lowest BCUT2D eigenvalue weighted by Crippen LogP contribution is -2.15. The molecule has 0 aliphatic rings. The van der Waals surface area contributed by atoms with E-state index in [-0.39, 0.29) is 0 Å². The number of pyridine rings is 1. The normalized spacial score (nSPS) is 10.8. The van der Waals surface area contributed by atoms with Gasteiger partial charge in [0.1, 0.15) is 0 Å². The van der Waals surface area contributed by atoms with Crippen LogP contribution >= 0.6 is 11.6 Å². The second kappa shape index (κ2) is 8.23. The van der Waals surface area contributed by atoms with Crippen molar-refractivity contribution in [3.8, 4) is 11.3 Å². The first-order valence-corrected chi connectivity index (χ1v) is 9.50. The molecule has 2 N–H and O–H groups in total. The summed E-state index contributed by atoms with van der Waals surface area (Å²) in [6.45, 7) is 3.39. The molecule has 0 radical (unpaired) electrons. The molecule has 0 aliphatic heterocycles. The summed E-state index contributed by atoms with van der Waals surface area (Å²) in [4.78, 5) is 13.5. The van der Waals surface area contributed by atoms with E-state index in [1.807, 2.05) is 67.6 Å². The first-order valence-electron chi connectivity index (χ1n) is 9.12. The fourth-order valence-corrected chi connectivity index (χ4v) is 3.22. The molecule has 6 heteroatoms. The number of halogens is 1. The first-order chi connectivity index (χ1) is 13.7. The van der Waals surface area contributed by atoms with Crippen LogP contribution in [0.15, 0.2) is 66.9 Å². The number of rotatable bonds is 6. The van der Waals surface area contributed by atoms with Crippen molar-refractivity contribution in [2.75, 3.05) is 23.7 Å². The number of fused-ring (bicyclic) bond motifs is 1. The van der Waals surface area contributed by atoms with Crippen LogP contribution in [0.25, 0.3) is 22.2 Å². The molecule has 2 heterocycles. The van der Waals surface area contributed by atoms with Gasteiger partial charge in [0.15, 0.2) is 0 Å². The van der Waals surface area contributed by atoms with Crippen LogP contribution in [0.1, 0.15) is 5.69 Å². The lowest BCUT2D eigenvalue weighted by Gasteiger charge is -2.11. The van der Waals surface area contributed by atoms with Gasteiger partial charge < -0.3 is 10.6 Å². The minimum atomic E-state index is 0.632. The molecule has 0 aliphatic carbocycles. The molecular weight excluding hydrogens is 370 g/mol. The zero-order valence-corrected chi connectivity index (χ0v) is 16.2. The molecule has 0 spiro atoms. The molecule has 0 atom stereocenters. The summed E-state index contributed by atoms with van der Waals surface area (Å²) in [7, 11) is 0. The Morgan fingerprint density at radius 1 is 0.893 bits per heavy atom. The largest absolute Gasteiger partial charge is 0.383 e. The third-order valence-corrected chi connectivity index (χ3v) is 4.59. The predicted molar refractivity (Wildman–Crippen MR) is 116 cm³/mol. The van der Waals surface area contributed by atoms with Crippen LogP contribution in [0.3, 0.4) is 0 Å². The highest BCUT2D eigenvalue weighted by atomic mass is 35.5. The molecule has 0 fully saturated rings. The molecule has 4 aromatic rings. The van der Waals surface area contributed by atoms with Crippen LogP contribution in [0, 0.1) is 6.92 Å². The van der Waals surface area contributed by atoms with Gasteiger partial charge in [-0.1, -0.05) is 41.9 Å². The maximum Gasteiger partial charge on any atom is 0.223 e. The van der Waals surface area contributed by atoms with Gasteiger partial charge in [0.05, 0.1) is 11.2 Å². The summed E-state index contributed by atoms with van der Waals surface area (Å²) < 4.78 is 0. The Morgan fingerprint density at radius 3 is 2.57 bits per heavy atom. The molecule has 0 unspecified atom stereocenters. The Hall–Kier alpha value is -3.18. The Labute approximate surface area is 168 Å². The van der Waals surface area contributed by atoms with Gasteiger partial charge in [0.25, 0.3) is 0 Å². The van der Waals surface area contributed by atoms with Crippen molar-refractivity contribution in [1.29, 1.82) is 0 Å². The molecular formula is C22H20ClN5. The van der Waals surface area contributed by atoms with Crippen molar-refractivity contribution in [3.63, 3.8) is 0 Å². The van der Waals surface area contributed by atoms with Gasteiger partial charge in [-0.2, -0.15) is 0 Å². The van der Waals surface area contributed by atoms with Crippen LogP contribution in [0.5, 0.6) is 0 Å². The summed E-state index contributed by atoms with van der Waals surface area (Å²) in [5.41, 5.74) is 4.83. The molecule has 0 bridgehead atoms. The number of hydrogen-bond acceptors (Lipinski definition) is 5. The molecule has 0 amide bonds. The van der Waals surface area contributed by atoms with E-state index in [9.17, 15) is 0 Å². The van der Waals surface area contributed by atoms with Crippen LogP contribution < -0.4 is 10.6 Å². The van der Waals surface area contributed by atoms with Gasteiger partial charge in [0, 0.05) is 46.6 Å². The van der Waals surface area contributed by atoms with Crippen molar-refractivity contribution in [1.82, 2.24) is 15.0 Å². The van der Waals surface area contributed by atoms with Crippen molar-refractivity contribution < 1.29 is 0 Å². The minimum Gasteiger partial charge on any atom is -0.383 e. The van der Waals surface area contributed by atoms with Crippen LogP contribution in [-0.2, 0) is 0 Å². The molecule has 0 saturated carbocycles. The van der Waals surface area contributed by atoms with E-state index in [1.54, 1.807) is 6.20 Å². The number of nitrogens with one attached hydrogen (secondary N) is 2. The Kier molecular flexibility index (Phi) is 5.35. The van der Waals surface area contributed by atoms with Crippen LogP contribution in [-0.4, -0.2) is 28.0 Å². The van der Waals surface area contributed by atoms with Gasteiger partial charge in [0.2, 0.25) is 5.95 Å². The second-order valence-electron chi connectivity index (χ2n) is 6.46. The number of aromatic nitrogens is 3. The summed E-state index contributed by atoms with van der Waals surface area (Å²) in [5, 5.41) is 8.47. The van der Waals surface area contributed by atoms with Crippen molar-refractivity contribution in [2.24, 2.45) is 0 Å². The molecule has 4 rings (SSSR count). The fourth-order valence-electron chi connectivity index (χ4n) is 3.05. The zero-order valence-electron chi connectivity index (χ0n) is 15.5. The van der Waals surface area contributed by atoms with E-state index in [4.69, 9.17) is 11.6 Å². The van der Waals surface area contributed by atoms with Gasteiger partial charge in [-0.05, 0) is 37.3 Å². The standard InChI is InChI=1S/C22H20ClN5/c1-15-13-20(16-5-3-2-4-6-16)28-22(27-15)26-12-11-25-19-9-10-24-21-14-17(23)7-8-18(19)21/h2-10,13-14H,11-12H2,1H3,(H,24,25)(H,26,27,28). The third-order valence-electron chi connectivity index (χ3n) is 4.35. The van der Waals surface area contributed by atoms with Crippen molar-refractivity contribution >= 4 is 34.1 Å². The average molecular weight is 390 g/mol. The van der Waals surface area contributed by atoms with E-state index < -0.39 is 0 Å². The predicted octanol–water partition coefficient (Wildman–Crippen LogP) is 5.18. The molecule has 5 nitrogen and oxygen atoms in total. The Morgan fingerprint density at radius 2 is 1.71 bits per heavy atom. The van der Waals surface area contributed by atoms with E-state index >= 15 is 0 Å². The first kappa shape index (κ1) is 18.2. The third kappa shape index (κ3) is 4.21. The maximum atomic E-state index is 6.05. The Bertz CT molecular complexity index is 1100. The summed E-state index contributed by atoms with van der Waals surface area (Å²) in [5.74, 6) is 0.632. The highest BCUT2D eigenvalue weighted by molar-refractivity contribution is 6.31. The van der Waals surface area contributed by atoms with E-state index in [0.717, 1.165) is 40.1 Å². The molecule has 2 aromatic heterocycles. The second-order valence-corrected chi connectivity index (χ2v) is 6.89. The monoisotopic (exact) mass is 389 g/mol. The smallest absolute Gasteiger partial charge is 0.223 e. The highest BCUT2D eigenvalue weighted by Crippen LogP contribution is 2.24. The van der Waals surface area contributed by atoms with Crippen molar-refractivity contribution in [2.45, 2.75) is 6.92 Å². The van der Waals surface area contributed by atoms with Crippen molar-refractivity contribution in [3.05, 3.63) is 77.6 Å². The molecule has 140 valence electrons. The quantitative estimate of drug-likeness (QED) is 0.445. The van der Waals surface area contributed by atoms with Gasteiger partial charge in [-0.3, -0.25) is 4.98 Å².